The number of rotatable bonds is 5. The molecule has 2 heterocycles. The molecule has 3 N–H and O–H groups in total. The van der Waals surface area contributed by atoms with E-state index in [1.807, 2.05) is 6.92 Å². The van der Waals surface area contributed by atoms with E-state index in [1.165, 1.54) is 0 Å². The lowest BCUT2D eigenvalue weighted by Gasteiger charge is -2.11. The topological polar surface area (TPSA) is 94.3 Å². The van der Waals surface area contributed by atoms with Gasteiger partial charge in [-0.2, -0.15) is 4.37 Å². The molecule has 102 valence electrons. The lowest BCUT2D eigenvalue weighted by molar-refractivity contribution is 0.195. The number of aromatic nitrogens is 1. The number of nitrogens with zero attached hydrogens (tertiary/aromatic N) is 1. The second kappa shape index (κ2) is 5.41. The van der Waals surface area contributed by atoms with E-state index in [9.17, 15) is 8.42 Å². The molecule has 0 radical (unpaired) electrons. The predicted molar refractivity (Wildman–Crippen MR) is 71.7 cm³/mol. The minimum atomic E-state index is -3.35. The van der Waals surface area contributed by atoms with Gasteiger partial charge in [0.15, 0.2) is 15.7 Å². The lowest BCUT2D eigenvalue weighted by Crippen LogP contribution is -2.20. The predicted octanol–water partition coefficient (Wildman–Crippen LogP) is 1.11. The molecule has 1 atom stereocenters. The van der Waals surface area contributed by atoms with Gasteiger partial charge < -0.3 is 15.8 Å². The Balaban J connectivity index is 2.26. The highest BCUT2D eigenvalue weighted by atomic mass is 32.2. The molecule has 0 amide bonds. The average molecular weight is 291 g/mol. The maximum absolute atomic E-state index is 12.1. The zero-order valence-corrected chi connectivity index (χ0v) is 11.8. The molecule has 1 aromatic rings. The zero-order valence-electron chi connectivity index (χ0n) is 10.2. The molecule has 1 saturated heterocycles. The molecular formula is C10H17N3O3S2. The van der Waals surface area contributed by atoms with Gasteiger partial charge in [-0.1, -0.05) is 6.92 Å². The molecule has 8 heteroatoms. The smallest absolute Gasteiger partial charge is 0.185 e. The van der Waals surface area contributed by atoms with Crippen molar-refractivity contribution in [3.8, 4) is 0 Å². The van der Waals surface area contributed by atoms with Crippen molar-refractivity contribution in [3.05, 3.63) is 0 Å². The van der Waals surface area contributed by atoms with Gasteiger partial charge in [0.2, 0.25) is 0 Å². The summed E-state index contributed by atoms with van der Waals surface area (Å²) in [6, 6.07) is 0.139. The summed E-state index contributed by atoms with van der Waals surface area (Å²) >= 11 is 1.09. The van der Waals surface area contributed by atoms with Crippen LogP contribution in [0.4, 0.5) is 10.8 Å². The Kier molecular flexibility index (Phi) is 4.08. The third kappa shape index (κ3) is 2.76. The molecule has 1 aromatic heterocycles. The molecule has 1 unspecified atom stereocenters. The van der Waals surface area contributed by atoms with Crippen molar-refractivity contribution in [2.45, 2.75) is 30.7 Å². The molecule has 1 aliphatic rings. The average Bonchev–Trinajstić information content (AvgIpc) is 2.89. The number of nitrogen functional groups attached to an aromatic ring is 1. The van der Waals surface area contributed by atoms with Gasteiger partial charge in [0.25, 0.3) is 0 Å². The van der Waals surface area contributed by atoms with Crippen LogP contribution in [0.2, 0.25) is 0 Å². The van der Waals surface area contributed by atoms with E-state index in [0.717, 1.165) is 18.0 Å². The maximum atomic E-state index is 12.1. The van der Waals surface area contributed by atoms with Gasteiger partial charge in [-0.25, -0.2) is 8.42 Å². The highest BCUT2D eigenvalue weighted by Gasteiger charge is 2.27. The number of ether oxygens (including phenoxy) is 1. The van der Waals surface area contributed by atoms with E-state index in [0.29, 0.717) is 24.6 Å². The molecule has 0 aliphatic carbocycles. The van der Waals surface area contributed by atoms with Gasteiger partial charge in [-0.05, 0) is 24.4 Å². The summed E-state index contributed by atoms with van der Waals surface area (Å²) < 4.78 is 33.4. The largest absolute Gasteiger partial charge is 0.382 e. The molecule has 0 spiro atoms. The Labute approximate surface area is 111 Å². The van der Waals surface area contributed by atoms with E-state index in [2.05, 4.69) is 9.69 Å². The quantitative estimate of drug-likeness (QED) is 0.844. The molecule has 0 saturated carbocycles. The Morgan fingerprint density at radius 2 is 2.39 bits per heavy atom. The first-order valence-electron chi connectivity index (χ1n) is 5.86. The number of hydrogen-bond donors (Lipinski definition) is 2. The van der Waals surface area contributed by atoms with Gasteiger partial charge in [0, 0.05) is 6.61 Å². The summed E-state index contributed by atoms with van der Waals surface area (Å²) in [6.07, 6.45) is 1.43. The van der Waals surface area contributed by atoms with Crippen molar-refractivity contribution in [1.82, 2.24) is 4.37 Å². The Morgan fingerprint density at radius 3 is 3.00 bits per heavy atom. The fraction of sp³-hybridized carbons (Fsp3) is 0.700. The molecule has 1 fully saturated rings. The van der Waals surface area contributed by atoms with E-state index < -0.39 is 9.84 Å². The summed E-state index contributed by atoms with van der Waals surface area (Å²) in [5.41, 5.74) is 5.68. The molecule has 2 rings (SSSR count). The summed E-state index contributed by atoms with van der Waals surface area (Å²) in [7, 11) is -3.35. The zero-order chi connectivity index (χ0) is 13.2. The van der Waals surface area contributed by atoms with Gasteiger partial charge in [-0.3, -0.25) is 0 Å². The van der Waals surface area contributed by atoms with E-state index in [-0.39, 0.29) is 22.5 Å². The van der Waals surface area contributed by atoms with Crippen molar-refractivity contribution >= 4 is 32.2 Å². The number of nitrogens with one attached hydrogen (secondary N) is 1. The normalized spacial score (nSPS) is 20.2. The molecule has 0 aromatic carbocycles. The minimum absolute atomic E-state index is 0.0887. The van der Waals surface area contributed by atoms with Crippen molar-refractivity contribution < 1.29 is 13.2 Å². The summed E-state index contributed by atoms with van der Waals surface area (Å²) in [5, 5.41) is 3.71. The van der Waals surface area contributed by atoms with Crippen molar-refractivity contribution in [1.29, 1.82) is 0 Å². The van der Waals surface area contributed by atoms with Gasteiger partial charge in [-0.15, -0.1) is 0 Å². The van der Waals surface area contributed by atoms with Crippen LogP contribution in [-0.4, -0.2) is 37.8 Å². The maximum Gasteiger partial charge on any atom is 0.185 e. The molecule has 0 bridgehead atoms. The summed E-state index contributed by atoms with van der Waals surface area (Å²) in [4.78, 5) is 0.154. The van der Waals surface area contributed by atoms with Gasteiger partial charge in [0.1, 0.15) is 9.90 Å². The van der Waals surface area contributed by atoms with E-state index in [1.54, 1.807) is 0 Å². The van der Waals surface area contributed by atoms with Crippen LogP contribution in [0.3, 0.4) is 0 Å². The van der Waals surface area contributed by atoms with Gasteiger partial charge in [0.05, 0.1) is 18.4 Å². The fourth-order valence-corrected chi connectivity index (χ4v) is 4.58. The first-order valence-corrected chi connectivity index (χ1v) is 8.29. The van der Waals surface area contributed by atoms with Crippen molar-refractivity contribution in [2.24, 2.45) is 0 Å². The third-order valence-electron chi connectivity index (χ3n) is 2.72. The number of sulfone groups is 1. The number of nitrogens with two attached hydrogens (primary N) is 1. The monoisotopic (exact) mass is 291 g/mol. The highest BCUT2D eigenvalue weighted by Crippen LogP contribution is 2.33. The standard InChI is InChI=1S/C10H17N3O3S2/c1-2-5-18(14,15)8-9(11)13-17-10(8)12-7-3-4-16-6-7/h7,12H,2-6H2,1H3,(H2,11,13). The number of anilines is 2. The van der Waals surface area contributed by atoms with Crippen LogP contribution in [-0.2, 0) is 14.6 Å². The Hall–Kier alpha value is -0.860. The third-order valence-corrected chi connectivity index (χ3v) is 5.63. The van der Waals surface area contributed by atoms with E-state index in [4.69, 9.17) is 10.5 Å². The molecule has 1 aliphatic heterocycles. The SMILES string of the molecule is CCCS(=O)(=O)c1c(N)nsc1NC1CCOC1. The van der Waals surface area contributed by atoms with Crippen LogP contribution in [0.5, 0.6) is 0 Å². The van der Waals surface area contributed by atoms with Crippen molar-refractivity contribution in [2.75, 3.05) is 30.0 Å². The summed E-state index contributed by atoms with van der Waals surface area (Å²) in [5.74, 6) is 0.181. The van der Waals surface area contributed by atoms with Crippen LogP contribution < -0.4 is 11.1 Å². The van der Waals surface area contributed by atoms with Gasteiger partial charge >= 0.3 is 0 Å². The highest BCUT2D eigenvalue weighted by molar-refractivity contribution is 7.91. The summed E-state index contributed by atoms with van der Waals surface area (Å²) in [6.45, 7) is 3.11. The number of hydrogen-bond acceptors (Lipinski definition) is 7. The lowest BCUT2D eigenvalue weighted by atomic mass is 10.3. The Morgan fingerprint density at radius 1 is 1.61 bits per heavy atom. The van der Waals surface area contributed by atoms with E-state index >= 15 is 0 Å². The first-order chi connectivity index (χ1) is 8.54. The minimum Gasteiger partial charge on any atom is -0.382 e. The second-order valence-corrected chi connectivity index (χ2v) is 7.07. The van der Waals surface area contributed by atoms with Crippen LogP contribution in [0, 0.1) is 0 Å². The van der Waals surface area contributed by atoms with Crippen molar-refractivity contribution in [3.63, 3.8) is 0 Å². The molecular weight excluding hydrogens is 274 g/mol. The first kappa shape index (κ1) is 13.6. The van der Waals surface area contributed by atoms with Crippen LogP contribution >= 0.6 is 11.5 Å². The van der Waals surface area contributed by atoms with Crippen LogP contribution in [0.15, 0.2) is 4.90 Å². The van der Waals surface area contributed by atoms with Crippen LogP contribution in [0.1, 0.15) is 19.8 Å². The fourth-order valence-electron chi connectivity index (χ4n) is 1.89. The Bertz CT molecular complexity index is 506. The molecule has 18 heavy (non-hydrogen) atoms. The van der Waals surface area contributed by atoms with Crippen LogP contribution in [0.25, 0.3) is 0 Å². The second-order valence-electron chi connectivity index (χ2n) is 4.25. The molecule has 6 nitrogen and oxygen atoms in total.